The molecule has 1 unspecified atom stereocenters. The lowest BCUT2D eigenvalue weighted by atomic mass is 9.89. The Labute approximate surface area is 112 Å². The molecule has 2 aliphatic rings. The second kappa shape index (κ2) is 6.93. The van der Waals surface area contributed by atoms with Crippen LogP contribution in [-0.2, 0) is 4.74 Å². The Kier molecular flexibility index (Phi) is 6.21. The molecule has 0 bridgehead atoms. The van der Waals surface area contributed by atoms with Crippen molar-refractivity contribution in [3.05, 3.63) is 0 Å². The smallest absolute Gasteiger partial charge is 0.0678 e. The minimum atomic E-state index is 0. The third kappa shape index (κ3) is 4.09. The molecule has 2 aliphatic heterocycles. The first-order valence-electron chi connectivity index (χ1n) is 6.77. The van der Waals surface area contributed by atoms with E-state index in [9.17, 15) is 0 Å². The van der Waals surface area contributed by atoms with E-state index in [-0.39, 0.29) is 12.4 Å². The van der Waals surface area contributed by atoms with Crippen LogP contribution in [0.1, 0.15) is 33.6 Å². The maximum Gasteiger partial charge on any atom is 0.0678 e. The van der Waals surface area contributed by atoms with E-state index >= 15 is 0 Å². The number of ether oxygens (including phenoxy) is 1. The summed E-state index contributed by atoms with van der Waals surface area (Å²) in [7, 11) is 0. The molecule has 1 N–H and O–H groups in total. The molecule has 3 nitrogen and oxygen atoms in total. The van der Waals surface area contributed by atoms with Crippen molar-refractivity contribution in [2.45, 2.75) is 51.9 Å². The van der Waals surface area contributed by atoms with Crippen LogP contribution in [0.4, 0.5) is 0 Å². The molecule has 3 atom stereocenters. The van der Waals surface area contributed by atoms with Gasteiger partial charge in [0.2, 0.25) is 0 Å². The summed E-state index contributed by atoms with van der Waals surface area (Å²) in [6, 6.07) is 0.718. The van der Waals surface area contributed by atoms with Crippen molar-refractivity contribution in [3.63, 3.8) is 0 Å². The number of hydrogen-bond acceptors (Lipinski definition) is 3. The topological polar surface area (TPSA) is 24.5 Å². The zero-order chi connectivity index (χ0) is 11.5. The largest absolute Gasteiger partial charge is 0.373 e. The van der Waals surface area contributed by atoms with E-state index < -0.39 is 0 Å². The second-order valence-corrected chi connectivity index (χ2v) is 5.54. The lowest BCUT2D eigenvalue weighted by Gasteiger charge is -2.42. The Bertz CT molecular complexity index is 211. The first-order valence-corrected chi connectivity index (χ1v) is 6.77. The van der Waals surface area contributed by atoms with Gasteiger partial charge in [-0.25, -0.2) is 0 Å². The first kappa shape index (κ1) is 15.2. The van der Waals surface area contributed by atoms with Gasteiger partial charge in [0.05, 0.1) is 12.2 Å². The fourth-order valence-electron chi connectivity index (χ4n) is 3.18. The minimum Gasteiger partial charge on any atom is -0.373 e. The van der Waals surface area contributed by atoms with Gasteiger partial charge in [-0.2, -0.15) is 0 Å². The Morgan fingerprint density at radius 2 is 1.65 bits per heavy atom. The quantitative estimate of drug-likeness (QED) is 0.823. The molecule has 17 heavy (non-hydrogen) atoms. The Morgan fingerprint density at radius 1 is 1.12 bits per heavy atom. The van der Waals surface area contributed by atoms with Crippen LogP contribution in [0, 0.1) is 5.92 Å². The molecule has 0 spiro atoms. The number of piperidine rings is 1. The van der Waals surface area contributed by atoms with Gasteiger partial charge < -0.3 is 10.1 Å². The highest BCUT2D eigenvalue weighted by atomic mass is 35.5. The number of hydrogen-bond donors (Lipinski definition) is 1. The highest BCUT2D eigenvalue weighted by Crippen LogP contribution is 2.23. The highest BCUT2D eigenvalue weighted by Gasteiger charge is 2.30. The molecular formula is C13H27ClN2O. The summed E-state index contributed by atoms with van der Waals surface area (Å²) in [4.78, 5) is 2.63. The van der Waals surface area contributed by atoms with E-state index in [1.807, 2.05) is 0 Å². The number of rotatable bonds is 2. The van der Waals surface area contributed by atoms with Crippen molar-refractivity contribution in [3.8, 4) is 0 Å². The SMILES string of the molecule is CC(C1CCNCC1)N1C[C@@H](C)O[C@@H](C)C1.Cl. The van der Waals surface area contributed by atoms with Crippen molar-refractivity contribution < 1.29 is 4.74 Å². The van der Waals surface area contributed by atoms with Gasteiger partial charge in [-0.05, 0) is 52.6 Å². The molecule has 0 amide bonds. The van der Waals surface area contributed by atoms with E-state index in [0.29, 0.717) is 12.2 Å². The number of morpholine rings is 1. The minimum absolute atomic E-state index is 0. The van der Waals surface area contributed by atoms with E-state index in [2.05, 4.69) is 31.0 Å². The fourth-order valence-corrected chi connectivity index (χ4v) is 3.18. The van der Waals surface area contributed by atoms with Crippen LogP contribution in [0.25, 0.3) is 0 Å². The van der Waals surface area contributed by atoms with Gasteiger partial charge in [0, 0.05) is 19.1 Å². The Morgan fingerprint density at radius 3 is 2.18 bits per heavy atom. The Balaban J connectivity index is 0.00000144. The average molecular weight is 263 g/mol. The third-order valence-corrected chi connectivity index (χ3v) is 4.09. The van der Waals surface area contributed by atoms with E-state index in [0.717, 1.165) is 25.0 Å². The summed E-state index contributed by atoms with van der Waals surface area (Å²) in [5.41, 5.74) is 0. The van der Waals surface area contributed by atoms with E-state index in [1.54, 1.807) is 0 Å². The van der Waals surface area contributed by atoms with E-state index in [4.69, 9.17) is 4.74 Å². The van der Waals surface area contributed by atoms with Crippen molar-refractivity contribution in [2.24, 2.45) is 5.92 Å². The molecule has 0 saturated carbocycles. The predicted molar refractivity (Wildman–Crippen MR) is 73.9 cm³/mol. The lowest BCUT2D eigenvalue weighted by Crippen LogP contribution is -2.52. The zero-order valence-electron chi connectivity index (χ0n) is 11.3. The lowest BCUT2D eigenvalue weighted by molar-refractivity contribution is -0.0859. The van der Waals surface area contributed by atoms with Crippen LogP contribution >= 0.6 is 12.4 Å². The van der Waals surface area contributed by atoms with Gasteiger partial charge in [0.1, 0.15) is 0 Å². The van der Waals surface area contributed by atoms with Gasteiger partial charge in [0.15, 0.2) is 0 Å². The zero-order valence-corrected chi connectivity index (χ0v) is 12.1. The number of halogens is 1. The third-order valence-electron chi connectivity index (χ3n) is 4.09. The maximum atomic E-state index is 5.80. The van der Waals surface area contributed by atoms with E-state index in [1.165, 1.54) is 25.9 Å². The molecule has 0 aromatic rings. The molecule has 4 heteroatoms. The van der Waals surface area contributed by atoms with Crippen LogP contribution in [0.2, 0.25) is 0 Å². The van der Waals surface area contributed by atoms with Crippen LogP contribution in [-0.4, -0.2) is 49.3 Å². The van der Waals surface area contributed by atoms with Gasteiger partial charge in [-0.1, -0.05) is 0 Å². The summed E-state index contributed by atoms with van der Waals surface area (Å²) < 4.78 is 5.80. The highest BCUT2D eigenvalue weighted by molar-refractivity contribution is 5.85. The molecule has 0 aromatic heterocycles. The van der Waals surface area contributed by atoms with Gasteiger partial charge in [-0.15, -0.1) is 12.4 Å². The standard InChI is InChI=1S/C13H26N2O.ClH/c1-10-8-15(9-11(2)16-10)12(3)13-4-6-14-7-5-13;/h10-14H,4-9H2,1-3H3;1H/t10-,11+,12?;. The predicted octanol–water partition coefficient (Wildman–Crippen LogP) is 1.91. The van der Waals surface area contributed by atoms with Gasteiger partial charge >= 0.3 is 0 Å². The molecular weight excluding hydrogens is 236 g/mol. The van der Waals surface area contributed by atoms with Crippen molar-refractivity contribution in [2.75, 3.05) is 26.2 Å². The van der Waals surface area contributed by atoms with Gasteiger partial charge in [-0.3, -0.25) is 4.90 Å². The fraction of sp³-hybridized carbons (Fsp3) is 1.00. The molecule has 0 radical (unpaired) electrons. The van der Waals surface area contributed by atoms with Gasteiger partial charge in [0.25, 0.3) is 0 Å². The molecule has 0 aliphatic carbocycles. The summed E-state index contributed by atoms with van der Waals surface area (Å²) in [5, 5.41) is 3.45. The molecule has 2 saturated heterocycles. The number of nitrogens with one attached hydrogen (secondary N) is 1. The molecule has 0 aromatic carbocycles. The Hall–Kier alpha value is 0.170. The van der Waals surface area contributed by atoms with Crippen LogP contribution in [0.5, 0.6) is 0 Å². The molecule has 2 rings (SSSR count). The second-order valence-electron chi connectivity index (χ2n) is 5.54. The van der Waals surface area contributed by atoms with Crippen LogP contribution < -0.4 is 5.32 Å². The summed E-state index contributed by atoms with van der Waals surface area (Å²) in [6.07, 6.45) is 3.46. The summed E-state index contributed by atoms with van der Waals surface area (Å²) in [6.45, 7) is 11.4. The first-order chi connectivity index (χ1) is 7.66. The normalized spacial score (nSPS) is 34.1. The van der Waals surface area contributed by atoms with Crippen LogP contribution in [0.3, 0.4) is 0 Å². The monoisotopic (exact) mass is 262 g/mol. The van der Waals surface area contributed by atoms with Crippen molar-refractivity contribution in [1.82, 2.24) is 10.2 Å². The van der Waals surface area contributed by atoms with Crippen molar-refractivity contribution >= 4 is 12.4 Å². The number of nitrogens with zero attached hydrogens (tertiary/aromatic N) is 1. The van der Waals surface area contributed by atoms with Crippen LogP contribution in [0.15, 0.2) is 0 Å². The molecule has 2 heterocycles. The maximum absolute atomic E-state index is 5.80. The molecule has 2 fully saturated rings. The summed E-state index contributed by atoms with van der Waals surface area (Å²) in [5.74, 6) is 0.874. The van der Waals surface area contributed by atoms with Crippen molar-refractivity contribution in [1.29, 1.82) is 0 Å². The summed E-state index contributed by atoms with van der Waals surface area (Å²) >= 11 is 0. The average Bonchev–Trinajstić information content (AvgIpc) is 2.28. The molecule has 102 valence electrons.